The Balaban J connectivity index is 1.42. The number of aromatic nitrogens is 3. The van der Waals surface area contributed by atoms with Crippen LogP contribution in [0.25, 0.3) is 16.9 Å². The van der Waals surface area contributed by atoms with Crippen molar-refractivity contribution in [1.29, 1.82) is 0 Å². The number of rotatable bonds is 5. The molecule has 0 saturated heterocycles. The van der Waals surface area contributed by atoms with Gasteiger partial charge in [0.1, 0.15) is 5.76 Å². The van der Waals surface area contributed by atoms with E-state index in [9.17, 15) is 4.79 Å². The van der Waals surface area contributed by atoms with E-state index in [1.165, 1.54) is 0 Å². The molecular weight excluding hydrogens is 388 g/mol. The van der Waals surface area contributed by atoms with Crippen molar-refractivity contribution in [3.63, 3.8) is 0 Å². The molecule has 2 heterocycles. The first-order valence-electron chi connectivity index (χ1n) is 10.6. The average Bonchev–Trinajstić information content (AvgIpc) is 3.43. The molecule has 0 fully saturated rings. The van der Waals surface area contributed by atoms with E-state index in [1.807, 2.05) is 71.5 Å². The number of carbonyl (C=O) groups excluding carboxylic acids is 1. The zero-order chi connectivity index (χ0) is 21.2. The van der Waals surface area contributed by atoms with Gasteiger partial charge in [0.25, 0.3) is 5.91 Å². The molecule has 31 heavy (non-hydrogen) atoms. The van der Waals surface area contributed by atoms with Gasteiger partial charge < -0.3 is 9.84 Å². The monoisotopic (exact) mass is 412 g/mol. The van der Waals surface area contributed by atoms with Gasteiger partial charge in [-0.2, -0.15) is 5.10 Å². The maximum Gasteiger partial charge on any atom is 0.274 e. The minimum Gasteiger partial charge on any atom is -0.360 e. The molecule has 0 aliphatic heterocycles. The molecule has 156 valence electrons. The van der Waals surface area contributed by atoms with Crippen molar-refractivity contribution < 1.29 is 9.32 Å². The van der Waals surface area contributed by atoms with Crippen LogP contribution in [0, 0.1) is 5.92 Å². The van der Waals surface area contributed by atoms with E-state index in [2.05, 4.69) is 17.4 Å². The number of nitrogens with zero attached hydrogens (tertiary/aromatic N) is 3. The van der Waals surface area contributed by atoms with Gasteiger partial charge in [0.15, 0.2) is 5.69 Å². The molecule has 1 amide bonds. The lowest BCUT2D eigenvalue weighted by Gasteiger charge is -2.16. The van der Waals surface area contributed by atoms with Gasteiger partial charge >= 0.3 is 0 Å². The number of amides is 1. The minimum absolute atomic E-state index is 0.203. The maximum absolute atomic E-state index is 12.9. The van der Waals surface area contributed by atoms with Crippen LogP contribution in [-0.2, 0) is 19.4 Å². The van der Waals surface area contributed by atoms with Crippen LogP contribution >= 0.6 is 0 Å². The van der Waals surface area contributed by atoms with Crippen LogP contribution in [0.5, 0.6) is 0 Å². The van der Waals surface area contributed by atoms with Gasteiger partial charge in [0.05, 0.1) is 11.4 Å². The van der Waals surface area contributed by atoms with Gasteiger partial charge in [-0.25, -0.2) is 4.68 Å². The predicted molar refractivity (Wildman–Crippen MR) is 118 cm³/mol. The van der Waals surface area contributed by atoms with Crippen molar-refractivity contribution in [2.75, 3.05) is 0 Å². The number of nitrogens with one attached hydrogen (secondary N) is 1. The molecule has 4 aromatic rings. The Hall–Kier alpha value is -3.67. The Labute approximate surface area is 180 Å². The van der Waals surface area contributed by atoms with Crippen molar-refractivity contribution >= 4 is 5.91 Å². The van der Waals surface area contributed by atoms with Crippen LogP contribution in [-0.4, -0.2) is 20.8 Å². The second kappa shape index (κ2) is 8.22. The molecule has 0 radical (unpaired) electrons. The normalized spacial score (nSPS) is 15.5. The Kier molecular flexibility index (Phi) is 5.12. The first-order valence-corrected chi connectivity index (χ1v) is 10.6. The molecule has 2 aromatic heterocycles. The fourth-order valence-electron chi connectivity index (χ4n) is 4.11. The summed E-state index contributed by atoms with van der Waals surface area (Å²) in [4.78, 5) is 12.9. The molecule has 5 rings (SSSR count). The number of fused-ring (bicyclic) bond motifs is 1. The van der Waals surface area contributed by atoms with Crippen molar-refractivity contribution in [2.24, 2.45) is 5.92 Å². The highest BCUT2D eigenvalue weighted by Crippen LogP contribution is 2.28. The molecular formula is C25H24N4O2. The fraction of sp³-hybridized carbons (Fsp3) is 0.240. The van der Waals surface area contributed by atoms with Crippen LogP contribution < -0.4 is 5.32 Å². The lowest BCUT2D eigenvalue weighted by Crippen LogP contribution is -2.25. The molecule has 0 spiro atoms. The lowest BCUT2D eigenvalue weighted by atomic mass is 9.88. The molecule has 2 aromatic carbocycles. The zero-order valence-corrected chi connectivity index (χ0v) is 17.4. The highest BCUT2D eigenvalue weighted by Gasteiger charge is 2.27. The van der Waals surface area contributed by atoms with E-state index in [0.717, 1.165) is 53.1 Å². The van der Waals surface area contributed by atoms with Crippen molar-refractivity contribution in [3.05, 3.63) is 89.4 Å². The van der Waals surface area contributed by atoms with E-state index in [4.69, 9.17) is 9.62 Å². The first kappa shape index (κ1) is 19.3. The largest absolute Gasteiger partial charge is 0.360 e. The van der Waals surface area contributed by atoms with Crippen LogP contribution in [0.1, 0.15) is 40.7 Å². The van der Waals surface area contributed by atoms with Gasteiger partial charge in [-0.05, 0) is 30.9 Å². The Morgan fingerprint density at radius 3 is 2.65 bits per heavy atom. The minimum atomic E-state index is -0.203. The third-order valence-electron chi connectivity index (χ3n) is 5.80. The number of aryl methyl sites for hydroxylation is 1. The summed E-state index contributed by atoms with van der Waals surface area (Å²) in [6, 6.07) is 20.0. The predicted octanol–water partition coefficient (Wildman–Crippen LogP) is 4.58. The third kappa shape index (κ3) is 3.89. The van der Waals surface area contributed by atoms with Crippen LogP contribution in [0.3, 0.4) is 0 Å². The topological polar surface area (TPSA) is 73.0 Å². The lowest BCUT2D eigenvalue weighted by molar-refractivity contribution is 0.0941. The summed E-state index contributed by atoms with van der Waals surface area (Å²) in [6.45, 7) is 2.55. The highest BCUT2D eigenvalue weighted by molar-refractivity contribution is 5.93. The smallest absolute Gasteiger partial charge is 0.274 e. The molecule has 1 unspecified atom stereocenters. The molecule has 6 heteroatoms. The highest BCUT2D eigenvalue weighted by atomic mass is 16.5. The molecule has 1 N–H and O–H groups in total. The Morgan fingerprint density at radius 1 is 1.13 bits per heavy atom. The second-order valence-electron chi connectivity index (χ2n) is 8.11. The standard InChI is InChI=1S/C25H24N4O2/c1-17-12-13-22-21(14-17)24(28-31-22)25(30)26-15-19-16-29(20-10-6-3-7-11-20)27-23(19)18-8-4-2-5-9-18/h2-11,16-17H,12-15H2,1H3,(H,26,30). The number of para-hydroxylation sites is 1. The number of hydrogen-bond acceptors (Lipinski definition) is 4. The van der Waals surface area contributed by atoms with Crippen molar-refractivity contribution in [3.8, 4) is 16.9 Å². The fourth-order valence-corrected chi connectivity index (χ4v) is 4.11. The van der Waals surface area contributed by atoms with E-state index in [0.29, 0.717) is 18.2 Å². The summed E-state index contributed by atoms with van der Waals surface area (Å²) < 4.78 is 7.29. The van der Waals surface area contributed by atoms with Gasteiger partial charge in [-0.3, -0.25) is 4.79 Å². The molecule has 1 aliphatic carbocycles. The van der Waals surface area contributed by atoms with Crippen LogP contribution in [0.4, 0.5) is 0 Å². The summed E-state index contributed by atoms with van der Waals surface area (Å²) in [5.74, 6) is 1.18. The Bertz CT molecular complexity index is 1200. The second-order valence-corrected chi connectivity index (χ2v) is 8.11. The van der Waals surface area contributed by atoms with E-state index < -0.39 is 0 Å². The maximum atomic E-state index is 12.9. The van der Waals surface area contributed by atoms with Crippen molar-refractivity contribution in [2.45, 2.75) is 32.7 Å². The van der Waals surface area contributed by atoms with Crippen molar-refractivity contribution in [1.82, 2.24) is 20.3 Å². The van der Waals surface area contributed by atoms with Crippen LogP contribution in [0.15, 0.2) is 71.4 Å². The average molecular weight is 412 g/mol. The number of hydrogen-bond donors (Lipinski definition) is 1. The molecule has 0 saturated carbocycles. The van der Waals surface area contributed by atoms with Gasteiger partial charge in [-0.15, -0.1) is 0 Å². The zero-order valence-electron chi connectivity index (χ0n) is 17.4. The van der Waals surface area contributed by atoms with E-state index >= 15 is 0 Å². The van der Waals surface area contributed by atoms with Gasteiger partial charge in [0, 0.05) is 35.9 Å². The summed E-state index contributed by atoms with van der Waals surface area (Å²) in [7, 11) is 0. The third-order valence-corrected chi connectivity index (χ3v) is 5.80. The van der Waals surface area contributed by atoms with Gasteiger partial charge in [-0.1, -0.05) is 60.6 Å². The SMILES string of the molecule is CC1CCc2onc(C(=O)NCc3cn(-c4ccccc4)nc3-c3ccccc3)c2C1. The molecule has 6 nitrogen and oxygen atoms in total. The number of carbonyl (C=O) groups is 1. The first-order chi connectivity index (χ1) is 15.2. The summed E-state index contributed by atoms with van der Waals surface area (Å²) in [5, 5.41) is 11.9. The Morgan fingerprint density at radius 2 is 1.87 bits per heavy atom. The summed E-state index contributed by atoms with van der Waals surface area (Å²) in [6.07, 6.45) is 4.72. The summed E-state index contributed by atoms with van der Waals surface area (Å²) in [5.41, 5.74) is 5.14. The molecule has 1 atom stereocenters. The molecule has 0 bridgehead atoms. The summed E-state index contributed by atoms with van der Waals surface area (Å²) >= 11 is 0. The van der Waals surface area contributed by atoms with E-state index in [1.54, 1.807) is 0 Å². The van der Waals surface area contributed by atoms with E-state index in [-0.39, 0.29) is 5.91 Å². The van der Waals surface area contributed by atoms with Crippen LogP contribution in [0.2, 0.25) is 0 Å². The molecule has 1 aliphatic rings. The quantitative estimate of drug-likeness (QED) is 0.521. The number of benzene rings is 2. The van der Waals surface area contributed by atoms with Gasteiger partial charge in [0.2, 0.25) is 0 Å².